The minimum Gasteiger partial charge on any atom is -0.495 e. The molecule has 13 nitrogen and oxygen atoms in total. The highest BCUT2D eigenvalue weighted by atomic mass is 35.5. The highest BCUT2D eigenvalue weighted by Gasteiger charge is 2.61. The molecule has 288 valence electrons. The predicted octanol–water partition coefficient (Wildman–Crippen LogP) is 4.76. The minimum atomic E-state index is -1.81. The number of carbonyl (C=O) groups is 4. The summed E-state index contributed by atoms with van der Waals surface area (Å²) in [7, 11) is 6.02. The van der Waals surface area contributed by atoms with Crippen LogP contribution in [0, 0.1) is 0 Å². The number of epoxide rings is 1. The molecule has 2 fully saturated rings. The number of carbonyl (C=O) groups excluding carboxylic acids is 4. The molecule has 2 N–H and O–H groups in total. The van der Waals surface area contributed by atoms with E-state index in [4.69, 9.17) is 35.3 Å². The van der Waals surface area contributed by atoms with Gasteiger partial charge in [0.25, 0.3) is 0 Å². The summed E-state index contributed by atoms with van der Waals surface area (Å²) in [6.45, 7) is 8.99. The number of ether oxygens (including phenoxy) is 5. The van der Waals surface area contributed by atoms with Crippen LogP contribution in [0.5, 0.6) is 5.75 Å². The van der Waals surface area contributed by atoms with Gasteiger partial charge in [0, 0.05) is 45.2 Å². The maximum absolute atomic E-state index is 14.1. The van der Waals surface area contributed by atoms with E-state index in [1.807, 2.05) is 26.8 Å². The number of amides is 3. The second-order valence-electron chi connectivity index (χ2n) is 14.7. The molecule has 2 saturated heterocycles. The summed E-state index contributed by atoms with van der Waals surface area (Å²) in [5.41, 5.74) is -0.865. The van der Waals surface area contributed by atoms with Gasteiger partial charge in [0.1, 0.15) is 40.7 Å². The van der Waals surface area contributed by atoms with Gasteiger partial charge in [-0.2, -0.15) is 12.6 Å². The quantitative estimate of drug-likeness (QED) is 0.192. The van der Waals surface area contributed by atoms with Crippen molar-refractivity contribution in [3.63, 3.8) is 0 Å². The highest BCUT2D eigenvalue weighted by molar-refractivity contribution is 7.81. The fraction of sp³-hybridized carbons (Fsp3) is 0.622. The fourth-order valence-corrected chi connectivity index (χ4v) is 6.88. The SMILES string of the molecule is COc1cc2cc(c1Cl)N(C)C(=O)C[C@H](OC(=O)[C@H](C)N(C)C(=O)CCC(C)(C)S)[C@]1(C)O[C@H]1CC1C[C@@](O)(NC(=O)O1)[C@H](OC)/C=C/C=C(\C)C2. The molecule has 1 unspecified atom stereocenters. The molecule has 0 aliphatic carbocycles. The third-order valence-corrected chi connectivity index (χ3v) is 10.6. The molecule has 3 amide bonds. The van der Waals surface area contributed by atoms with Crippen molar-refractivity contribution in [2.75, 3.05) is 33.2 Å². The Morgan fingerprint density at radius 3 is 2.60 bits per heavy atom. The number of thiol groups is 1. The average Bonchev–Trinajstić information content (AvgIpc) is 3.72. The minimum absolute atomic E-state index is 0.0382. The largest absolute Gasteiger partial charge is 0.495 e. The summed E-state index contributed by atoms with van der Waals surface area (Å²) in [6, 6.07) is 2.60. The Balaban J connectivity index is 1.71. The maximum Gasteiger partial charge on any atom is 0.409 e. The average molecular weight is 766 g/mol. The van der Waals surface area contributed by atoms with Gasteiger partial charge < -0.3 is 38.6 Å². The van der Waals surface area contributed by atoms with E-state index in [0.29, 0.717) is 24.3 Å². The van der Waals surface area contributed by atoms with Crippen molar-refractivity contribution in [3.05, 3.63) is 46.5 Å². The van der Waals surface area contributed by atoms with Crippen LogP contribution in [0.4, 0.5) is 10.5 Å². The molecule has 3 heterocycles. The van der Waals surface area contributed by atoms with Crippen molar-refractivity contribution in [2.45, 2.75) is 120 Å². The lowest BCUT2D eigenvalue weighted by molar-refractivity contribution is -0.162. The smallest absolute Gasteiger partial charge is 0.409 e. The van der Waals surface area contributed by atoms with Crippen molar-refractivity contribution in [2.24, 2.45) is 0 Å². The van der Waals surface area contributed by atoms with Crippen LogP contribution < -0.4 is 15.0 Å². The number of nitrogens with zero attached hydrogens (tertiary/aromatic N) is 2. The van der Waals surface area contributed by atoms with E-state index in [1.54, 1.807) is 45.2 Å². The van der Waals surface area contributed by atoms with Gasteiger partial charge in [-0.15, -0.1) is 0 Å². The van der Waals surface area contributed by atoms with Crippen LogP contribution in [-0.2, 0) is 39.8 Å². The number of nitrogens with one attached hydrogen (secondary N) is 1. The number of hydrogen-bond donors (Lipinski definition) is 3. The van der Waals surface area contributed by atoms with Crippen molar-refractivity contribution in [3.8, 4) is 5.75 Å². The van der Waals surface area contributed by atoms with E-state index in [0.717, 1.165) is 11.1 Å². The summed E-state index contributed by atoms with van der Waals surface area (Å²) >= 11 is 11.2. The van der Waals surface area contributed by atoms with Crippen LogP contribution in [0.2, 0.25) is 5.02 Å². The summed E-state index contributed by atoms with van der Waals surface area (Å²) in [5.74, 6) is -1.04. The van der Waals surface area contributed by atoms with Gasteiger partial charge in [0.2, 0.25) is 11.8 Å². The first kappa shape index (κ1) is 41.5. The van der Waals surface area contributed by atoms with Crippen molar-refractivity contribution in [1.82, 2.24) is 10.2 Å². The molecule has 0 radical (unpaired) electrons. The summed E-state index contributed by atoms with van der Waals surface area (Å²) in [5, 5.41) is 14.3. The number of fused-ring (bicyclic) bond motifs is 5. The van der Waals surface area contributed by atoms with E-state index >= 15 is 0 Å². The molecule has 0 spiro atoms. The van der Waals surface area contributed by atoms with Gasteiger partial charge in [-0.05, 0) is 51.3 Å². The lowest BCUT2D eigenvalue weighted by Crippen LogP contribution is -2.62. The normalized spacial score (nSPS) is 30.5. The number of halogens is 1. The Bertz CT molecular complexity index is 1600. The van der Waals surface area contributed by atoms with Crippen LogP contribution in [0.1, 0.15) is 72.3 Å². The second-order valence-corrected chi connectivity index (χ2v) is 16.3. The molecule has 3 aliphatic rings. The number of methoxy groups -OCH3 is 2. The second kappa shape index (κ2) is 16.4. The van der Waals surface area contributed by atoms with Gasteiger partial charge in [-0.3, -0.25) is 14.9 Å². The van der Waals surface area contributed by atoms with Crippen LogP contribution >= 0.6 is 24.2 Å². The standard InChI is InChI=1S/C37H52ClN3O10S/c1-21-11-10-12-27(48-9)37(46)20-24(49-34(45)39-37)18-29-36(5,51-29)28(50-33(44)22(2)40(6)30(42)13-14-35(3,4)52)19-31(43)41(7)25-16-23(15-21)17-26(47-8)32(25)38/h10-12,16-17,22,24,27-29,46,52H,13-15,18-20H2,1-9H3,(H,39,45)/b12-10+,21-11+/t22-,24?,27+,28-,29-,36-,37-/m0/s1. The highest BCUT2D eigenvalue weighted by Crippen LogP contribution is 2.47. The number of hydrogen-bond acceptors (Lipinski definition) is 11. The third kappa shape index (κ3) is 9.81. The molecule has 1 aromatic rings. The van der Waals surface area contributed by atoms with E-state index in [1.165, 1.54) is 31.1 Å². The number of likely N-dealkylation sites (N-methyl/N-ethyl adjacent to an activating group) is 1. The monoisotopic (exact) mass is 765 g/mol. The molecule has 0 saturated carbocycles. The van der Waals surface area contributed by atoms with Crippen LogP contribution in [0.15, 0.2) is 35.9 Å². The lowest BCUT2D eigenvalue weighted by Gasteiger charge is -2.40. The van der Waals surface area contributed by atoms with E-state index in [2.05, 4.69) is 17.9 Å². The Morgan fingerprint density at radius 1 is 1.27 bits per heavy atom. The zero-order valence-electron chi connectivity index (χ0n) is 31.4. The van der Waals surface area contributed by atoms with Crippen LogP contribution in [-0.4, -0.2) is 109 Å². The number of esters is 1. The molecule has 52 heavy (non-hydrogen) atoms. The number of anilines is 1. The van der Waals surface area contributed by atoms with Gasteiger partial charge in [0.15, 0.2) is 5.72 Å². The number of rotatable bonds is 8. The summed E-state index contributed by atoms with van der Waals surface area (Å²) < 4.78 is 28.5. The molecule has 4 rings (SSSR count). The number of alkyl carbamates (subject to hydrolysis) is 1. The fourth-order valence-electron chi connectivity index (χ4n) is 6.45. The van der Waals surface area contributed by atoms with E-state index in [9.17, 15) is 24.3 Å². The molecular weight excluding hydrogens is 714 g/mol. The zero-order valence-corrected chi connectivity index (χ0v) is 33.0. The molecule has 15 heteroatoms. The Kier molecular flexibility index (Phi) is 13.1. The van der Waals surface area contributed by atoms with Crippen molar-refractivity contribution in [1.29, 1.82) is 0 Å². The Hall–Kier alpha value is -3.30. The molecule has 4 bridgehead atoms. The van der Waals surface area contributed by atoms with Crippen LogP contribution in [0.25, 0.3) is 0 Å². The lowest BCUT2D eigenvalue weighted by atomic mass is 9.90. The first-order valence-electron chi connectivity index (χ1n) is 17.3. The van der Waals surface area contributed by atoms with Gasteiger partial charge >= 0.3 is 12.1 Å². The third-order valence-electron chi connectivity index (χ3n) is 10.0. The number of benzene rings is 1. The van der Waals surface area contributed by atoms with Gasteiger partial charge in [0.05, 0.1) is 25.3 Å². The zero-order chi connectivity index (χ0) is 38.8. The summed E-state index contributed by atoms with van der Waals surface area (Å²) in [4.78, 5) is 56.1. The van der Waals surface area contributed by atoms with Gasteiger partial charge in [-0.25, -0.2) is 9.59 Å². The molecule has 1 aromatic carbocycles. The first-order valence-corrected chi connectivity index (χ1v) is 18.1. The molecular formula is C37H52ClN3O10S. The Morgan fingerprint density at radius 2 is 1.96 bits per heavy atom. The van der Waals surface area contributed by atoms with Crippen molar-refractivity contribution >= 4 is 53.8 Å². The maximum atomic E-state index is 14.1. The first-order chi connectivity index (χ1) is 24.2. The predicted molar refractivity (Wildman–Crippen MR) is 199 cm³/mol. The summed E-state index contributed by atoms with van der Waals surface area (Å²) in [6.07, 6.45) is 1.85. The molecule has 0 aromatic heterocycles. The van der Waals surface area contributed by atoms with E-state index in [-0.39, 0.29) is 41.4 Å². The number of allylic oxidation sites excluding steroid dienone is 3. The van der Waals surface area contributed by atoms with Crippen molar-refractivity contribution < 1.29 is 48.0 Å². The van der Waals surface area contributed by atoms with Gasteiger partial charge in [-0.1, -0.05) is 49.2 Å². The molecule has 7 atom stereocenters. The Labute approximate surface area is 316 Å². The molecule has 3 aliphatic heterocycles. The van der Waals surface area contributed by atoms with Crippen LogP contribution in [0.3, 0.4) is 0 Å². The number of aliphatic hydroxyl groups is 1. The topological polar surface area (TPSA) is 156 Å². The van der Waals surface area contributed by atoms with E-state index < -0.39 is 59.8 Å².